The molecule has 1 aliphatic heterocycles. The number of nitrogens with two attached hydrogens (primary N) is 1. The summed E-state index contributed by atoms with van der Waals surface area (Å²) in [7, 11) is 0. The lowest BCUT2D eigenvalue weighted by Gasteiger charge is -2.15. The van der Waals surface area contributed by atoms with Crippen LogP contribution >= 0.6 is 0 Å². The molecule has 1 aliphatic rings. The summed E-state index contributed by atoms with van der Waals surface area (Å²) < 4.78 is 39.0. The molecule has 10 heteroatoms. The van der Waals surface area contributed by atoms with Crippen molar-refractivity contribution in [3.05, 3.63) is 65.0 Å². The Morgan fingerprint density at radius 2 is 1.97 bits per heavy atom. The highest BCUT2D eigenvalue weighted by Crippen LogP contribution is 2.32. The lowest BCUT2D eigenvalue weighted by molar-refractivity contribution is -0.137. The van der Waals surface area contributed by atoms with Crippen molar-refractivity contribution >= 4 is 23.3 Å². The molecule has 0 unspecified atom stereocenters. The van der Waals surface area contributed by atoms with Crippen molar-refractivity contribution in [2.75, 3.05) is 16.8 Å². The maximum Gasteiger partial charge on any atom is 0.416 e. The predicted octanol–water partition coefficient (Wildman–Crippen LogP) is 4.10. The number of H-pyrrole nitrogens is 1. The second kappa shape index (κ2) is 7.46. The Morgan fingerprint density at radius 3 is 2.68 bits per heavy atom. The zero-order valence-corrected chi connectivity index (χ0v) is 16.4. The van der Waals surface area contributed by atoms with Gasteiger partial charge in [-0.15, -0.1) is 0 Å². The summed E-state index contributed by atoms with van der Waals surface area (Å²) >= 11 is 0. The molecule has 4 N–H and O–H groups in total. The minimum atomic E-state index is -4.48. The van der Waals surface area contributed by atoms with E-state index in [4.69, 9.17) is 5.73 Å². The van der Waals surface area contributed by atoms with Gasteiger partial charge in [0.05, 0.1) is 11.3 Å². The summed E-state index contributed by atoms with van der Waals surface area (Å²) in [6, 6.07) is 9.29. The first-order valence-corrected chi connectivity index (χ1v) is 9.39. The zero-order valence-electron chi connectivity index (χ0n) is 16.4. The zero-order chi connectivity index (χ0) is 22.3. The number of alkyl halides is 3. The fourth-order valence-electron chi connectivity index (χ4n) is 3.54. The highest BCUT2D eigenvalue weighted by molar-refractivity contribution is 6.04. The monoisotopic (exact) mass is 429 g/mol. The van der Waals surface area contributed by atoms with E-state index in [1.54, 1.807) is 25.1 Å². The van der Waals surface area contributed by atoms with Gasteiger partial charge in [-0.05, 0) is 43.2 Å². The summed E-state index contributed by atoms with van der Waals surface area (Å²) in [4.78, 5) is 32.8. The summed E-state index contributed by atoms with van der Waals surface area (Å²) in [5, 5.41) is 2.71. The summed E-state index contributed by atoms with van der Waals surface area (Å²) in [5.41, 5.74) is 7.28. The molecule has 0 aliphatic carbocycles. The number of amides is 3. The van der Waals surface area contributed by atoms with Gasteiger partial charge in [-0.2, -0.15) is 13.2 Å². The van der Waals surface area contributed by atoms with E-state index in [1.165, 1.54) is 17.0 Å². The van der Waals surface area contributed by atoms with Crippen molar-refractivity contribution in [2.45, 2.75) is 19.5 Å². The largest absolute Gasteiger partial charge is 0.416 e. The Bertz CT molecular complexity index is 1190. The van der Waals surface area contributed by atoms with Gasteiger partial charge < -0.3 is 16.0 Å². The summed E-state index contributed by atoms with van der Waals surface area (Å²) in [5.74, 6) is -0.377. The van der Waals surface area contributed by atoms with E-state index in [0.717, 1.165) is 17.7 Å². The second-order valence-corrected chi connectivity index (χ2v) is 7.18. The molecule has 0 fully saturated rings. The SMILES string of the molecule is Cc1[nH]c(-c2cccc(C(F)(F)F)c2)nc1C(=O)Nc1ccc2c(c1)N(C(N)=O)CC2. The van der Waals surface area contributed by atoms with E-state index in [2.05, 4.69) is 15.3 Å². The molecular formula is C21H18F3N5O2. The molecule has 31 heavy (non-hydrogen) atoms. The van der Waals surface area contributed by atoms with Crippen LogP contribution in [0, 0.1) is 6.92 Å². The van der Waals surface area contributed by atoms with Crippen LogP contribution in [0.4, 0.5) is 29.3 Å². The number of carbonyl (C=O) groups is 2. The van der Waals surface area contributed by atoms with Gasteiger partial charge in [0.2, 0.25) is 0 Å². The molecule has 3 amide bonds. The van der Waals surface area contributed by atoms with Crippen LogP contribution in [0.3, 0.4) is 0 Å². The molecular weight excluding hydrogens is 411 g/mol. The quantitative estimate of drug-likeness (QED) is 0.584. The van der Waals surface area contributed by atoms with Crippen LogP contribution in [0.1, 0.15) is 27.3 Å². The number of halogens is 3. The van der Waals surface area contributed by atoms with Crippen molar-refractivity contribution in [1.82, 2.24) is 9.97 Å². The van der Waals surface area contributed by atoms with E-state index in [9.17, 15) is 22.8 Å². The van der Waals surface area contributed by atoms with Crippen LogP contribution in [-0.2, 0) is 12.6 Å². The van der Waals surface area contributed by atoms with Crippen molar-refractivity contribution in [2.24, 2.45) is 5.73 Å². The van der Waals surface area contributed by atoms with Crippen LogP contribution in [0.25, 0.3) is 11.4 Å². The lowest BCUT2D eigenvalue weighted by Crippen LogP contribution is -2.34. The van der Waals surface area contributed by atoms with E-state index in [-0.39, 0.29) is 17.1 Å². The first kappa shape index (κ1) is 20.5. The van der Waals surface area contributed by atoms with Gasteiger partial charge in [0.25, 0.3) is 5.91 Å². The number of imidazole rings is 1. The first-order chi connectivity index (χ1) is 14.6. The highest BCUT2D eigenvalue weighted by Gasteiger charge is 2.31. The molecule has 0 spiro atoms. The Balaban J connectivity index is 1.58. The van der Waals surface area contributed by atoms with Gasteiger partial charge in [0.1, 0.15) is 11.5 Å². The Morgan fingerprint density at radius 1 is 1.19 bits per heavy atom. The van der Waals surface area contributed by atoms with E-state index >= 15 is 0 Å². The number of hydrogen-bond acceptors (Lipinski definition) is 3. The number of carbonyl (C=O) groups excluding carboxylic acids is 2. The first-order valence-electron chi connectivity index (χ1n) is 9.39. The molecule has 2 heterocycles. The van der Waals surface area contributed by atoms with Crippen LogP contribution in [-0.4, -0.2) is 28.5 Å². The number of anilines is 2. The average Bonchev–Trinajstić information content (AvgIpc) is 3.31. The number of aromatic nitrogens is 2. The van der Waals surface area contributed by atoms with Crippen LogP contribution in [0.15, 0.2) is 42.5 Å². The van der Waals surface area contributed by atoms with Gasteiger partial charge in [-0.3, -0.25) is 9.69 Å². The number of fused-ring (bicyclic) bond motifs is 1. The fraction of sp³-hybridized carbons (Fsp3) is 0.190. The Hall–Kier alpha value is -3.82. The van der Waals surface area contributed by atoms with Crippen molar-refractivity contribution in [1.29, 1.82) is 0 Å². The molecule has 3 aromatic rings. The molecule has 0 bridgehead atoms. The number of urea groups is 1. The van der Waals surface area contributed by atoms with Crippen LogP contribution in [0.5, 0.6) is 0 Å². The molecule has 0 saturated heterocycles. The molecule has 2 aromatic carbocycles. The maximum atomic E-state index is 13.0. The summed E-state index contributed by atoms with van der Waals surface area (Å²) in [6.45, 7) is 2.08. The second-order valence-electron chi connectivity index (χ2n) is 7.18. The third-order valence-electron chi connectivity index (χ3n) is 5.07. The molecule has 0 saturated carbocycles. The number of aromatic amines is 1. The third-order valence-corrected chi connectivity index (χ3v) is 5.07. The molecule has 160 valence electrons. The number of nitrogens with zero attached hydrogens (tertiary/aromatic N) is 2. The number of aryl methyl sites for hydroxylation is 1. The Kier molecular flexibility index (Phi) is 4.92. The summed E-state index contributed by atoms with van der Waals surface area (Å²) in [6.07, 6.45) is -3.81. The lowest BCUT2D eigenvalue weighted by atomic mass is 10.1. The van der Waals surface area contributed by atoms with Crippen molar-refractivity contribution in [3.63, 3.8) is 0 Å². The Labute approximate surface area is 175 Å². The van der Waals surface area contributed by atoms with Crippen LogP contribution < -0.4 is 16.0 Å². The van der Waals surface area contributed by atoms with Gasteiger partial charge in [-0.25, -0.2) is 9.78 Å². The smallest absolute Gasteiger partial charge is 0.351 e. The average molecular weight is 429 g/mol. The van der Waals surface area contributed by atoms with Gasteiger partial charge in [0.15, 0.2) is 0 Å². The van der Waals surface area contributed by atoms with Gasteiger partial charge in [-0.1, -0.05) is 18.2 Å². The van der Waals surface area contributed by atoms with Crippen molar-refractivity contribution < 1.29 is 22.8 Å². The maximum absolute atomic E-state index is 13.0. The third kappa shape index (κ3) is 3.96. The topological polar surface area (TPSA) is 104 Å². The minimum Gasteiger partial charge on any atom is -0.351 e. The minimum absolute atomic E-state index is 0.0552. The number of benzene rings is 2. The number of nitrogens with one attached hydrogen (secondary N) is 2. The molecule has 7 nitrogen and oxygen atoms in total. The number of primary amides is 1. The standard InChI is InChI=1S/C21H18F3N5O2/c1-11-17(28-18(26-11)13-3-2-4-14(9-13)21(22,23)24)19(30)27-15-6-5-12-7-8-29(20(25)31)16(12)10-15/h2-6,9-10H,7-8H2,1H3,(H2,25,31)(H,26,28)(H,27,30). The fourth-order valence-corrected chi connectivity index (χ4v) is 3.54. The van der Waals surface area contributed by atoms with E-state index < -0.39 is 23.7 Å². The normalized spacial score (nSPS) is 13.2. The molecule has 0 radical (unpaired) electrons. The molecule has 0 atom stereocenters. The highest BCUT2D eigenvalue weighted by atomic mass is 19.4. The van der Waals surface area contributed by atoms with E-state index in [1.807, 2.05) is 0 Å². The van der Waals surface area contributed by atoms with Crippen LogP contribution in [0.2, 0.25) is 0 Å². The van der Waals surface area contributed by atoms with Gasteiger partial charge >= 0.3 is 12.2 Å². The number of hydrogen-bond donors (Lipinski definition) is 3. The van der Waals surface area contributed by atoms with Gasteiger partial charge in [0, 0.05) is 23.5 Å². The molecule has 1 aromatic heterocycles. The number of rotatable bonds is 3. The van der Waals surface area contributed by atoms with E-state index in [0.29, 0.717) is 30.0 Å². The van der Waals surface area contributed by atoms with Crippen molar-refractivity contribution in [3.8, 4) is 11.4 Å². The molecule has 4 rings (SSSR count). The predicted molar refractivity (Wildman–Crippen MR) is 109 cm³/mol.